The molecule has 0 aliphatic heterocycles. The Morgan fingerprint density at radius 3 is 2.67 bits per heavy atom. The number of hydrogen-bond donors (Lipinski definition) is 3. The Balaban J connectivity index is 2.65. The van der Waals surface area contributed by atoms with Gasteiger partial charge in [-0.3, -0.25) is 9.59 Å². The number of nitrogens with zero attached hydrogens (tertiary/aromatic N) is 1. The number of amides is 2. The van der Waals surface area contributed by atoms with Crippen molar-refractivity contribution in [3.8, 4) is 5.75 Å². The van der Waals surface area contributed by atoms with E-state index in [4.69, 9.17) is 21.4 Å². The van der Waals surface area contributed by atoms with Gasteiger partial charge < -0.3 is 15.2 Å². The van der Waals surface area contributed by atoms with Crippen LogP contribution in [0.15, 0.2) is 23.3 Å². The fourth-order valence-corrected chi connectivity index (χ4v) is 1.43. The third kappa shape index (κ3) is 5.49. The standard InChI is InChI=1S/C12H12ClN3O5/c1-14-11(19)12(20)16-15-5-7-2-3-9(8(13)4-7)21-6-10(17)18/h2-5H,6H2,1H3,(H,14,19)(H,16,20)(H,17,18)/b15-5-. The first kappa shape index (κ1) is 16.4. The van der Waals surface area contributed by atoms with Gasteiger partial charge in [0.05, 0.1) is 11.2 Å². The number of aliphatic carboxylic acids is 1. The number of carbonyl (C=O) groups is 3. The molecule has 1 aromatic rings. The Bertz CT molecular complexity index is 588. The van der Waals surface area contributed by atoms with Gasteiger partial charge in [-0.1, -0.05) is 11.6 Å². The minimum Gasteiger partial charge on any atom is -0.480 e. The van der Waals surface area contributed by atoms with E-state index in [2.05, 4.69) is 10.4 Å². The van der Waals surface area contributed by atoms with Gasteiger partial charge in [0.15, 0.2) is 6.61 Å². The zero-order chi connectivity index (χ0) is 15.8. The molecule has 9 heteroatoms. The molecule has 0 saturated carbocycles. The fraction of sp³-hybridized carbons (Fsp3) is 0.167. The monoisotopic (exact) mass is 313 g/mol. The van der Waals surface area contributed by atoms with Gasteiger partial charge in [0.1, 0.15) is 5.75 Å². The van der Waals surface area contributed by atoms with Crippen molar-refractivity contribution in [3.63, 3.8) is 0 Å². The predicted octanol–water partition coefficient (Wildman–Crippen LogP) is -0.000500. The lowest BCUT2D eigenvalue weighted by Crippen LogP contribution is -2.35. The summed E-state index contributed by atoms with van der Waals surface area (Å²) in [4.78, 5) is 32.4. The van der Waals surface area contributed by atoms with Crippen LogP contribution in [0.3, 0.4) is 0 Å². The van der Waals surface area contributed by atoms with Crippen LogP contribution in [-0.4, -0.2) is 42.8 Å². The minimum atomic E-state index is -1.12. The highest BCUT2D eigenvalue weighted by Gasteiger charge is 2.09. The van der Waals surface area contributed by atoms with Crippen molar-refractivity contribution in [1.82, 2.24) is 10.7 Å². The van der Waals surface area contributed by atoms with Crippen molar-refractivity contribution < 1.29 is 24.2 Å². The molecule has 1 aromatic carbocycles. The summed E-state index contributed by atoms with van der Waals surface area (Å²) >= 11 is 5.90. The Kier molecular flexibility index (Phi) is 6.15. The first-order valence-corrected chi connectivity index (χ1v) is 6.01. The Hall–Kier alpha value is -2.61. The molecule has 0 unspecified atom stereocenters. The van der Waals surface area contributed by atoms with Crippen LogP contribution in [0.2, 0.25) is 5.02 Å². The van der Waals surface area contributed by atoms with Crippen LogP contribution >= 0.6 is 11.6 Å². The van der Waals surface area contributed by atoms with E-state index in [1.807, 2.05) is 5.43 Å². The molecule has 2 amide bonds. The van der Waals surface area contributed by atoms with E-state index in [-0.39, 0.29) is 10.8 Å². The molecule has 0 bridgehead atoms. The number of halogens is 1. The smallest absolute Gasteiger partial charge is 0.341 e. The van der Waals surface area contributed by atoms with E-state index in [1.54, 1.807) is 6.07 Å². The molecule has 0 atom stereocenters. The molecule has 1 rings (SSSR count). The van der Waals surface area contributed by atoms with Crippen molar-refractivity contribution in [2.24, 2.45) is 5.10 Å². The van der Waals surface area contributed by atoms with Gasteiger partial charge in [0.25, 0.3) is 0 Å². The second-order valence-corrected chi connectivity index (χ2v) is 4.06. The van der Waals surface area contributed by atoms with Crippen molar-refractivity contribution in [2.45, 2.75) is 0 Å². The Morgan fingerprint density at radius 1 is 1.38 bits per heavy atom. The first-order valence-electron chi connectivity index (χ1n) is 5.63. The van der Waals surface area contributed by atoms with Crippen LogP contribution in [0.25, 0.3) is 0 Å². The fourth-order valence-electron chi connectivity index (χ4n) is 1.18. The third-order valence-corrected chi connectivity index (χ3v) is 2.42. The Morgan fingerprint density at radius 2 is 2.10 bits per heavy atom. The summed E-state index contributed by atoms with van der Waals surface area (Å²) in [7, 11) is 1.32. The van der Waals surface area contributed by atoms with E-state index >= 15 is 0 Å². The normalized spacial score (nSPS) is 10.2. The van der Waals surface area contributed by atoms with Crippen LogP contribution in [0.4, 0.5) is 0 Å². The number of carboxylic acid groups (broad SMARTS) is 1. The summed E-state index contributed by atoms with van der Waals surface area (Å²) in [6, 6.07) is 4.49. The predicted molar refractivity (Wildman–Crippen MR) is 74.4 cm³/mol. The van der Waals surface area contributed by atoms with E-state index in [0.29, 0.717) is 5.56 Å². The highest BCUT2D eigenvalue weighted by Crippen LogP contribution is 2.24. The number of nitrogens with one attached hydrogen (secondary N) is 2. The molecule has 0 aliphatic rings. The van der Waals surface area contributed by atoms with E-state index in [0.717, 1.165) is 0 Å². The Labute approximate surface area is 124 Å². The van der Waals surface area contributed by atoms with Crippen molar-refractivity contribution in [2.75, 3.05) is 13.7 Å². The molecule has 0 saturated heterocycles. The summed E-state index contributed by atoms with van der Waals surface area (Å²) in [6.07, 6.45) is 1.27. The molecular formula is C12H12ClN3O5. The lowest BCUT2D eigenvalue weighted by atomic mass is 10.2. The summed E-state index contributed by atoms with van der Waals surface area (Å²) in [5, 5.41) is 14.4. The maximum Gasteiger partial charge on any atom is 0.341 e. The highest BCUT2D eigenvalue weighted by molar-refractivity contribution is 6.35. The molecule has 0 heterocycles. The summed E-state index contributed by atoms with van der Waals surface area (Å²) in [5.41, 5.74) is 2.55. The molecule has 0 aromatic heterocycles. The van der Waals surface area contributed by atoms with Crippen LogP contribution in [0.1, 0.15) is 5.56 Å². The molecule has 112 valence electrons. The largest absolute Gasteiger partial charge is 0.480 e. The average molecular weight is 314 g/mol. The minimum absolute atomic E-state index is 0.192. The number of rotatable bonds is 5. The number of carboxylic acids is 1. The number of hydrogen-bond acceptors (Lipinski definition) is 5. The van der Waals surface area contributed by atoms with Crippen molar-refractivity contribution >= 4 is 35.6 Å². The van der Waals surface area contributed by atoms with Gasteiger partial charge in [-0.05, 0) is 23.8 Å². The van der Waals surface area contributed by atoms with Crippen molar-refractivity contribution in [3.05, 3.63) is 28.8 Å². The van der Waals surface area contributed by atoms with E-state index in [9.17, 15) is 14.4 Å². The summed E-state index contributed by atoms with van der Waals surface area (Å²) in [5.74, 6) is -2.62. The van der Waals surface area contributed by atoms with E-state index < -0.39 is 24.4 Å². The SMILES string of the molecule is CNC(=O)C(=O)N/N=C\c1ccc(OCC(=O)O)c(Cl)c1. The molecular weight excluding hydrogens is 302 g/mol. The second kappa shape index (κ2) is 7.85. The topological polar surface area (TPSA) is 117 Å². The number of carbonyl (C=O) groups excluding carboxylic acids is 2. The highest BCUT2D eigenvalue weighted by atomic mass is 35.5. The number of hydrazone groups is 1. The van der Waals surface area contributed by atoms with Gasteiger partial charge in [-0.25, -0.2) is 10.2 Å². The maximum atomic E-state index is 11.1. The van der Waals surface area contributed by atoms with Crippen molar-refractivity contribution in [1.29, 1.82) is 0 Å². The lowest BCUT2D eigenvalue weighted by molar-refractivity contribution is -0.139. The van der Waals surface area contributed by atoms with Gasteiger partial charge in [-0.15, -0.1) is 0 Å². The van der Waals surface area contributed by atoms with Gasteiger partial charge in [0, 0.05) is 7.05 Å². The zero-order valence-electron chi connectivity index (χ0n) is 10.9. The van der Waals surface area contributed by atoms with Gasteiger partial charge >= 0.3 is 17.8 Å². The number of likely N-dealkylation sites (N-methyl/N-ethyl adjacent to an activating group) is 1. The molecule has 8 nitrogen and oxygen atoms in total. The quantitative estimate of drug-likeness (QED) is 0.402. The maximum absolute atomic E-state index is 11.1. The number of ether oxygens (including phenoxy) is 1. The van der Waals surface area contributed by atoms with E-state index in [1.165, 1.54) is 25.4 Å². The molecule has 0 aliphatic carbocycles. The average Bonchev–Trinajstić information content (AvgIpc) is 2.45. The summed E-state index contributed by atoms with van der Waals surface area (Å²) < 4.78 is 4.94. The van der Waals surface area contributed by atoms with Crippen LogP contribution in [-0.2, 0) is 14.4 Å². The molecule has 21 heavy (non-hydrogen) atoms. The first-order chi connectivity index (χ1) is 9.93. The molecule has 0 fully saturated rings. The summed E-state index contributed by atoms with van der Waals surface area (Å²) in [6.45, 7) is -0.505. The van der Waals surface area contributed by atoms with Crippen LogP contribution in [0, 0.1) is 0 Å². The molecule has 0 radical (unpaired) electrons. The zero-order valence-corrected chi connectivity index (χ0v) is 11.7. The third-order valence-electron chi connectivity index (χ3n) is 2.12. The van der Waals surface area contributed by atoms with Crippen LogP contribution < -0.4 is 15.5 Å². The molecule has 0 spiro atoms. The van der Waals surface area contributed by atoms with Gasteiger partial charge in [0.2, 0.25) is 0 Å². The second-order valence-electron chi connectivity index (χ2n) is 3.65. The van der Waals surface area contributed by atoms with Crippen LogP contribution in [0.5, 0.6) is 5.75 Å². The molecule has 3 N–H and O–H groups in total. The number of benzene rings is 1. The lowest BCUT2D eigenvalue weighted by Gasteiger charge is -2.05. The van der Waals surface area contributed by atoms with Gasteiger partial charge in [-0.2, -0.15) is 5.10 Å².